The summed E-state index contributed by atoms with van der Waals surface area (Å²) < 4.78 is 0. The van der Waals surface area contributed by atoms with E-state index in [1.54, 1.807) is 53.8 Å². The number of carboxylic acid groups (broad SMARTS) is 1. The molecule has 0 fully saturated rings. The van der Waals surface area contributed by atoms with Crippen molar-refractivity contribution in [1.29, 1.82) is 0 Å². The van der Waals surface area contributed by atoms with Crippen LogP contribution in [0.2, 0.25) is 0 Å². The molecule has 5 aromatic rings. The number of carbonyl (C=O) groups is 2. The van der Waals surface area contributed by atoms with E-state index in [1.165, 1.54) is 6.92 Å². The molecule has 4 aromatic carbocycles. The molecule has 0 saturated carbocycles. The summed E-state index contributed by atoms with van der Waals surface area (Å²) in [6.45, 7) is 1.49. The molecule has 1 amide bonds. The molecule has 6 heteroatoms. The standard InChI is InChI=1S/C29H22N2O3S/c1-29(28(33)34,24-10-6-3-7-11-24)31-26(32)21-14-12-19-13-15-22(17-23(19)16-21)27-30-25(18-35-27)20-8-4-2-5-9-20/h2-18H,1H3,(H,31,32)(H,33,34)/t29-/m0/s1. The molecule has 1 aromatic heterocycles. The minimum atomic E-state index is -1.55. The number of hydrogen-bond donors (Lipinski definition) is 2. The average molecular weight is 479 g/mol. The van der Waals surface area contributed by atoms with E-state index >= 15 is 0 Å². The fourth-order valence-electron chi connectivity index (χ4n) is 3.99. The van der Waals surface area contributed by atoms with E-state index in [4.69, 9.17) is 4.98 Å². The average Bonchev–Trinajstić information content (AvgIpc) is 3.39. The molecule has 2 N–H and O–H groups in total. The molecule has 1 atom stereocenters. The number of carbonyl (C=O) groups excluding carboxylic acids is 1. The van der Waals surface area contributed by atoms with Crippen LogP contribution in [0.4, 0.5) is 0 Å². The summed E-state index contributed by atoms with van der Waals surface area (Å²) in [6, 6.07) is 30.1. The van der Waals surface area contributed by atoms with Gasteiger partial charge in [-0.3, -0.25) is 4.79 Å². The molecule has 0 radical (unpaired) electrons. The summed E-state index contributed by atoms with van der Waals surface area (Å²) in [7, 11) is 0. The minimum absolute atomic E-state index is 0.391. The second kappa shape index (κ2) is 9.16. The smallest absolute Gasteiger partial charge is 0.333 e. The molecule has 5 nitrogen and oxygen atoms in total. The zero-order chi connectivity index (χ0) is 24.4. The first kappa shape index (κ1) is 22.5. The Balaban J connectivity index is 1.45. The molecule has 0 unspecified atom stereocenters. The van der Waals surface area contributed by atoms with E-state index in [1.807, 2.05) is 60.0 Å². The summed E-state index contributed by atoms with van der Waals surface area (Å²) in [6.07, 6.45) is 0. The zero-order valence-corrected chi connectivity index (χ0v) is 19.8. The molecular weight excluding hydrogens is 456 g/mol. The predicted molar refractivity (Wildman–Crippen MR) is 139 cm³/mol. The number of rotatable bonds is 6. The Labute approximate surface area is 206 Å². The van der Waals surface area contributed by atoms with Crippen LogP contribution in [0.5, 0.6) is 0 Å². The number of nitrogens with one attached hydrogen (secondary N) is 1. The van der Waals surface area contributed by atoms with Crippen molar-refractivity contribution < 1.29 is 14.7 Å². The van der Waals surface area contributed by atoms with Crippen molar-refractivity contribution >= 4 is 34.0 Å². The second-order valence-electron chi connectivity index (χ2n) is 8.43. The maximum Gasteiger partial charge on any atom is 0.333 e. The molecule has 5 rings (SSSR count). The van der Waals surface area contributed by atoms with Crippen LogP contribution in [0.3, 0.4) is 0 Å². The number of nitrogens with zero attached hydrogens (tertiary/aromatic N) is 1. The summed E-state index contributed by atoms with van der Waals surface area (Å²) in [5, 5.41) is 17.4. The highest BCUT2D eigenvalue weighted by Gasteiger charge is 2.37. The van der Waals surface area contributed by atoms with Crippen molar-refractivity contribution in [3.8, 4) is 21.8 Å². The van der Waals surface area contributed by atoms with Crippen LogP contribution in [-0.4, -0.2) is 22.0 Å². The third-order valence-corrected chi connectivity index (χ3v) is 6.96. The number of thiazole rings is 1. The third kappa shape index (κ3) is 4.44. The molecule has 0 aliphatic heterocycles. The first-order chi connectivity index (χ1) is 16.9. The highest BCUT2D eigenvalue weighted by Crippen LogP contribution is 2.31. The molecule has 0 aliphatic rings. The van der Waals surface area contributed by atoms with Gasteiger partial charge in [-0.1, -0.05) is 78.9 Å². The fraction of sp³-hybridized carbons (Fsp3) is 0.0690. The van der Waals surface area contributed by atoms with Crippen molar-refractivity contribution in [1.82, 2.24) is 10.3 Å². The number of aromatic nitrogens is 1. The lowest BCUT2D eigenvalue weighted by molar-refractivity contribution is -0.144. The van der Waals surface area contributed by atoms with Crippen molar-refractivity contribution in [2.45, 2.75) is 12.5 Å². The summed E-state index contributed by atoms with van der Waals surface area (Å²) in [5.41, 5.74) is 2.29. The SMILES string of the molecule is C[C@@](NC(=O)c1ccc2ccc(-c3nc(-c4ccccc4)cs3)cc2c1)(C(=O)O)c1ccccc1. The van der Waals surface area contributed by atoms with E-state index in [0.29, 0.717) is 11.1 Å². The van der Waals surface area contributed by atoms with Gasteiger partial charge in [0.25, 0.3) is 5.91 Å². The largest absolute Gasteiger partial charge is 0.479 e. The van der Waals surface area contributed by atoms with E-state index < -0.39 is 17.4 Å². The minimum Gasteiger partial charge on any atom is -0.479 e. The van der Waals surface area contributed by atoms with Crippen molar-refractivity contribution in [2.75, 3.05) is 0 Å². The molecule has 0 saturated heterocycles. The number of benzene rings is 4. The normalized spacial score (nSPS) is 12.7. The van der Waals surface area contributed by atoms with Gasteiger partial charge in [-0.05, 0) is 41.5 Å². The molecule has 172 valence electrons. The monoisotopic (exact) mass is 478 g/mol. The van der Waals surface area contributed by atoms with E-state index in [9.17, 15) is 14.7 Å². The van der Waals surface area contributed by atoms with E-state index in [2.05, 4.69) is 5.32 Å². The highest BCUT2D eigenvalue weighted by molar-refractivity contribution is 7.13. The lowest BCUT2D eigenvalue weighted by Gasteiger charge is -2.27. The van der Waals surface area contributed by atoms with Gasteiger partial charge >= 0.3 is 5.97 Å². The quantitative estimate of drug-likeness (QED) is 0.298. The Hall–Kier alpha value is -4.29. The number of hydrogen-bond acceptors (Lipinski definition) is 4. The Morgan fingerprint density at radius 1 is 0.829 bits per heavy atom. The van der Waals surface area contributed by atoms with Gasteiger partial charge in [-0.15, -0.1) is 11.3 Å². The number of carboxylic acids is 1. The van der Waals surface area contributed by atoms with Crippen LogP contribution in [-0.2, 0) is 10.3 Å². The van der Waals surface area contributed by atoms with Crippen molar-refractivity contribution in [3.63, 3.8) is 0 Å². The van der Waals surface area contributed by atoms with Gasteiger partial charge in [0.05, 0.1) is 5.69 Å². The van der Waals surface area contributed by atoms with Crippen molar-refractivity contribution in [2.24, 2.45) is 0 Å². The Bertz CT molecular complexity index is 1530. The summed E-state index contributed by atoms with van der Waals surface area (Å²) in [5.74, 6) is -1.58. The second-order valence-corrected chi connectivity index (χ2v) is 9.29. The molecule has 0 bridgehead atoms. The van der Waals surface area contributed by atoms with Gasteiger partial charge in [0.15, 0.2) is 5.54 Å². The summed E-state index contributed by atoms with van der Waals surface area (Å²) >= 11 is 1.57. The lowest BCUT2D eigenvalue weighted by atomic mass is 9.91. The molecule has 0 spiro atoms. The maximum atomic E-state index is 13.1. The Kier molecular flexibility index (Phi) is 5.89. The van der Waals surface area contributed by atoms with Crippen LogP contribution >= 0.6 is 11.3 Å². The van der Waals surface area contributed by atoms with Gasteiger partial charge in [-0.25, -0.2) is 9.78 Å². The topological polar surface area (TPSA) is 79.3 Å². The molecular formula is C29H22N2O3S. The highest BCUT2D eigenvalue weighted by atomic mass is 32.1. The third-order valence-electron chi connectivity index (χ3n) is 6.07. The Morgan fingerprint density at radius 3 is 2.23 bits per heavy atom. The Morgan fingerprint density at radius 2 is 1.51 bits per heavy atom. The van der Waals surface area contributed by atoms with Crippen molar-refractivity contribution in [3.05, 3.63) is 114 Å². The van der Waals surface area contributed by atoms with Crippen LogP contribution in [0, 0.1) is 0 Å². The van der Waals surface area contributed by atoms with Gasteiger partial charge in [0.2, 0.25) is 0 Å². The van der Waals surface area contributed by atoms with Crippen LogP contribution in [0.1, 0.15) is 22.8 Å². The summed E-state index contributed by atoms with van der Waals surface area (Å²) in [4.78, 5) is 30.0. The predicted octanol–water partition coefficient (Wildman–Crippen LogP) is 6.36. The van der Waals surface area contributed by atoms with E-state index in [-0.39, 0.29) is 0 Å². The zero-order valence-electron chi connectivity index (χ0n) is 18.9. The van der Waals surface area contributed by atoms with Gasteiger partial charge in [0.1, 0.15) is 5.01 Å². The number of fused-ring (bicyclic) bond motifs is 1. The van der Waals surface area contributed by atoms with Crippen LogP contribution in [0.25, 0.3) is 32.6 Å². The van der Waals surface area contributed by atoms with E-state index in [0.717, 1.165) is 32.6 Å². The fourth-order valence-corrected chi connectivity index (χ4v) is 4.81. The van der Waals surface area contributed by atoms with Crippen LogP contribution in [0.15, 0.2) is 102 Å². The first-order valence-corrected chi connectivity index (χ1v) is 12.0. The van der Waals surface area contributed by atoms with Gasteiger partial charge < -0.3 is 10.4 Å². The van der Waals surface area contributed by atoms with Crippen LogP contribution < -0.4 is 5.32 Å². The number of aliphatic carboxylic acids is 1. The first-order valence-electron chi connectivity index (χ1n) is 11.1. The number of amides is 1. The van der Waals surface area contributed by atoms with Gasteiger partial charge in [-0.2, -0.15) is 0 Å². The molecule has 35 heavy (non-hydrogen) atoms. The lowest BCUT2D eigenvalue weighted by Crippen LogP contribution is -2.49. The molecule has 0 aliphatic carbocycles. The molecule has 1 heterocycles. The maximum absolute atomic E-state index is 13.1. The van der Waals surface area contributed by atoms with Gasteiger partial charge in [0, 0.05) is 22.1 Å².